The number of aliphatic carboxylic acids is 1. The number of quaternary nitrogens is 1. The van der Waals surface area contributed by atoms with Gasteiger partial charge in [-0.2, -0.15) is 0 Å². The van der Waals surface area contributed by atoms with Crippen molar-refractivity contribution >= 4 is 49.3 Å². The molecule has 16 heteroatoms. The standard InChI is InChI=1S/C31H59N7O8.Ga/c1-9-36(7)16-23(39)15-27-38(8,18-28(42)46-27)14-13-37(10-2)17-26(41)34-20-31(5,6)22-45-21-30(3,4)19-33-25(40)12-11-24(35-32)29(43)44;/h24,27,35H,9-22,32H2,1-8H3,(H2-,33,34,40,41,43,44);/p+1/t24?,27-,38?;/m1./s1. The molecule has 0 aromatic heterocycles. The number of carboxylic acids is 1. The maximum Gasteiger partial charge on any atom is 0.366 e. The van der Waals surface area contributed by atoms with E-state index in [0.29, 0.717) is 57.0 Å². The van der Waals surface area contributed by atoms with E-state index in [1.807, 2.05) is 65.4 Å². The van der Waals surface area contributed by atoms with Crippen molar-refractivity contribution in [2.24, 2.45) is 16.7 Å². The number of hydrogen-bond acceptors (Lipinski definition) is 11. The smallest absolute Gasteiger partial charge is 0.366 e. The molecule has 0 bridgehead atoms. The van der Waals surface area contributed by atoms with Crippen LogP contribution in [0.25, 0.3) is 0 Å². The van der Waals surface area contributed by atoms with Gasteiger partial charge in [0, 0.05) is 56.7 Å². The zero-order chi connectivity index (χ0) is 35.1. The number of nitrogens with one attached hydrogen (secondary N) is 3. The summed E-state index contributed by atoms with van der Waals surface area (Å²) < 4.78 is 11.8. The molecule has 0 aromatic carbocycles. The van der Waals surface area contributed by atoms with E-state index in [4.69, 9.17) is 20.4 Å². The van der Waals surface area contributed by atoms with Gasteiger partial charge in [0.15, 0.2) is 12.3 Å². The Balaban J connectivity index is 0.0000212. The van der Waals surface area contributed by atoms with Gasteiger partial charge < -0.3 is 25.2 Å². The van der Waals surface area contributed by atoms with Crippen molar-refractivity contribution in [1.82, 2.24) is 25.9 Å². The molecule has 1 rings (SSSR count). The van der Waals surface area contributed by atoms with Crippen molar-refractivity contribution in [1.29, 1.82) is 0 Å². The minimum atomic E-state index is -1.11. The normalized spacial score (nSPS) is 18.9. The number of esters is 1. The molecule has 15 nitrogen and oxygen atoms in total. The molecule has 269 valence electrons. The number of carbonyl (C=O) groups is 5. The second-order valence-corrected chi connectivity index (χ2v) is 14.2. The van der Waals surface area contributed by atoms with Crippen molar-refractivity contribution in [3.63, 3.8) is 0 Å². The average Bonchev–Trinajstić information content (AvgIpc) is 3.24. The number of carbonyl (C=O) groups excluding carboxylic acids is 4. The summed E-state index contributed by atoms with van der Waals surface area (Å²) >= 11 is 0. The molecule has 1 aliphatic rings. The number of nitrogens with zero attached hydrogens (tertiary/aromatic N) is 3. The van der Waals surface area contributed by atoms with E-state index in [9.17, 15) is 24.0 Å². The molecule has 1 aliphatic heterocycles. The van der Waals surface area contributed by atoms with Gasteiger partial charge in [-0.15, -0.1) is 0 Å². The maximum atomic E-state index is 12.9. The molecule has 0 saturated carbocycles. The van der Waals surface area contributed by atoms with Crippen LogP contribution in [0.2, 0.25) is 0 Å². The quantitative estimate of drug-likeness (QED) is 0.0273. The first kappa shape index (κ1) is 44.9. The number of ketones is 1. The first-order chi connectivity index (χ1) is 21.3. The van der Waals surface area contributed by atoms with Gasteiger partial charge in [-0.05, 0) is 26.6 Å². The van der Waals surface area contributed by atoms with Gasteiger partial charge in [0.25, 0.3) is 0 Å². The van der Waals surface area contributed by atoms with Crippen LogP contribution in [0, 0.1) is 10.8 Å². The molecule has 1 heterocycles. The third-order valence-corrected chi connectivity index (χ3v) is 8.26. The van der Waals surface area contributed by atoms with Crippen molar-refractivity contribution in [2.45, 2.75) is 73.1 Å². The summed E-state index contributed by atoms with van der Waals surface area (Å²) in [6, 6.07) is -0.981. The number of amides is 2. The second-order valence-electron chi connectivity index (χ2n) is 14.2. The summed E-state index contributed by atoms with van der Waals surface area (Å²) in [5.41, 5.74) is 1.47. The third-order valence-electron chi connectivity index (χ3n) is 8.26. The minimum Gasteiger partial charge on any atom is -0.480 e. The van der Waals surface area contributed by atoms with Gasteiger partial charge in [-0.1, -0.05) is 41.5 Å². The van der Waals surface area contributed by atoms with Crippen LogP contribution in [-0.2, 0) is 33.4 Å². The van der Waals surface area contributed by atoms with Crippen LogP contribution in [0.15, 0.2) is 0 Å². The molecule has 47 heavy (non-hydrogen) atoms. The van der Waals surface area contributed by atoms with Gasteiger partial charge in [-0.25, -0.2) is 10.2 Å². The van der Waals surface area contributed by atoms with Crippen LogP contribution in [0.1, 0.15) is 60.8 Å². The van der Waals surface area contributed by atoms with E-state index in [1.54, 1.807) is 0 Å². The Hall–Kier alpha value is -2.05. The Labute approximate surface area is 293 Å². The molecule has 3 atom stereocenters. The van der Waals surface area contributed by atoms with Crippen LogP contribution in [0.3, 0.4) is 0 Å². The summed E-state index contributed by atoms with van der Waals surface area (Å²) in [7, 11) is 3.80. The molecule has 3 radical (unpaired) electrons. The van der Waals surface area contributed by atoms with Crippen LogP contribution < -0.4 is 21.9 Å². The molecule has 2 amide bonds. The van der Waals surface area contributed by atoms with E-state index < -0.39 is 18.2 Å². The number of likely N-dealkylation sites (N-methyl/N-ethyl adjacent to an activating group) is 3. The van der Waals surface area contributed by atoms with Gasteiger partial charge in [0.05, 0.1) is 46.3 Å². The monoisotopic (exact) mass is 727 g/mol. The number of Topliss-reactive ketones (excluding diaryl/α,β-unsaturated/α-hetero) is 1. The van der Waals surface area contributed by atoms with Crippen molar-refractivity contribution in [3.05, 3.63) is 0 Å². The topological polar surface area (TPSA) is 193 Å². The van der Waals surface area contributed by atoms with Gasteiger partial charge >= 0.3 is 11.9 Å². The van der Waals surface area contributed by atoms with E-state index >= 15 is 0 Å². The van der Waals surface area contributed by atoms with E-state index in [1.165, 1.54) is 0 Å². The Morgan fingerprint density at radius 3 is 2.13 bits per heavy atom. The predicted octanol–water partition coefficient (Wildman–Crippen LogP) is -0.834. The Morgan fingerprint density at radius 1 is 1.04 bits per heavy atom. The van der Waals surface area contributed by atoms with Crippen LogP contribution >= 0.6 is 0 Å². The molecule has 1 saturated heterocycles. The molecule has 1 fully saturated rings. The summed E-state index contributed by atoms with van der Waals surface area (Å²) in [4.78, 5) is 64.7. The van der Waals surface area contributed by atoms with Crippen LogP contribution in [0.5, 0.6) is 0 Å². The largest absolute Gasteiger partial charge is 0.480 e. The number of hydrazine groups is 1. The average molecular weight is 729 g/mol. The Bertz CT molecular complexity index is 1030. The van der Waals surface area contributed by atoms with Crippen molar-refractivity contribution in [3.8, 4) is 0 Å². The van der Waals surface area contributed by atoms with Crippen LogP contribution in [-0.4, -0.2) is 167 Å². The minimum absolute atomic E-state index is 0. The van der Waals surface area contributed by atoms with E-state index in [0.717, 1.165) is 6.54 Å². The third kappa shape index (κ3) is 17.8. The van der Waals surface area contributed by atoms with Crippen molar-refractivity contribution in [2.75, 3.05) is 86.2 Å². The molecule has 2 unspecified atom stereocenters. The van der Waals surface area contributed by atoms with Gasteiger partial charge in [0.2, 0.25) is 18.0 Å². The molecule has 0 aliphatic carbocycles. The zero-order valence-corrected chi connectivity index (χ0v) is 32.3. The fraction of sp³-hybridized carbons (Fsp3) is 0.839. The summed E-state index contributed by atoms with van der Waals surface area (Å²) in [5, 5.41) is 14.8. The summed E-state index contributed by atoms with van der Waals surface area (Å²) in [6.45, 7) is 16.7. The maximum absolute atomic E-state index is 12.9. The zero-order valence-electron chi connectivity index (χ0n) is 29.9. The number of rotatable bonds is 24. The molecular formula is C31H60GaN7O8+. The van der Waals surface area contributed by atoms with Crippen LogP contribution in [0.4, 0.5) is 0 Å². The summed E-state index contributed by atoms with van der Waals surface area (Å²) in [6.07, 6.45) is -0.236. The SMILES string of the molecule is CCN(C)CC(=O)C[C@H]1OC(=O)C[N+]1(C)CCN(CC)CC(=O)NCC(C)(C)COCC(C)(C)CNC(=O)CCC(NN)C(=O)O.[Ga]. The molecule has 0 aromatic rings. The Kier molecular flexibility index (Phi) is 20.2. The number of nitrogens with two attached hydrogens (primary N) is 1. The molecule has 0 spiro atoms. The van der Waals surface area contributed by atoms with Gasteiger partial charge in [-0.3, -0.25) is 39.3 Å². The molecular weight excluding hydrogens is 668 g/mol. The van der Waals surface area contributed by atoms with Crippen molar-refractivity contribution < 1.29 is 43.0 Å². The second kappa shape index (κ2) is 21.1. The number of carboxylic acid groups (broad SMARTS) is 1. The van der Waals surface area contributed by atoms with E-state index in [-0.39, 0.29) is 86.5 Å². The molecule has 6 N–H and O–H groups in total. The number of cyclic esters (lactones) is 1. The first-order valence-corrected chi connectivity index (χ1v) is 16.1. The van der Waals surface area contributed by atoms with E-state index in [2.05, 4.69) is 16.1 Å². The number of ether oxygens (including phenoxy) is 2. The number of hydrogen-bond donors (Lipinski definition) is 5. The first-order valence-electron chi connectivity index (χ1n) is 16.1. The fourth-order valence-electron chi connectivity index (χ4n) is 4.87. The Morgan fingerprint density at radius 2 is 1.62 bits per heavy atom. The van der Waals surface area contributed by atoms with Gasteiger partial charge in [0.1, 0.15) is 6.04 Å². The fourth-order valence-corrected chi connectivity index (χ4v) is 4.87. The summed E-state index contributed by atoms with van der Waals surface area (Å²) in [5.74, 6) is 3.44. The predicted molar refractivity (Wildman–Crippen MR) is 179 cm³/mol.